The second-order valence-electron chi connectivity index (χ2n) is 9.47. The number of amides is 2. The highest BCUT2D eigenvalue weighted by molar-refractivity contribution is 7.12. The van der Waals surface area contributed by atoms with Gasteiger partial charge in [0.05, 0.1) is 4.88 Å². The smallest absolute Gasteiger partial charge is 0.264 e. The van der Waals surface area contributed by atoms with Crippen LogP contribution in [0.15, 0.2) is 72.2 Å². The van der Waals surface area contributed by atoms with Gasteiger partial charge in [-0.05, 0) is 47.9 Å². The molecule has 2 aromatic carbocycles. The predicted molar refractivity (Wildman–Crippen MR) is 144 cm³/mol. The molecule has 2 aromatic heterocycles. The van der Waals surface area contributed by atoms with E-state index in [0.29, 0.717) is 24.5 Å². The molecule has 0 fully saturated rings. The first-order chi connectivity index (χ1) is 16.9. The first-order valence-electron chi connectivity index (χ1n) is 12.1. The lowest BCUT2D eigenvalue weighted by molar-refractivity contribution is -0.132. The third-order valence-corrected chi connectivity index (χ3v) is 6.96. The molecular weight excluding hydrogens is 454 g/mol. The van der Waals surface area contributed by atoms with Crippen LogP contribution in [0.3, 0.4) is 0 Å². The van der Waals surface area contributed by atoms with Gasteiger partial charge < -0.3 is 14.8 Å². The highest BCUT2D eigenvalue weighted by Gasteiger charge is 2.24. The molecular formula is C29H33N3O2S. The fourth-order valence-electron chi connectivity index (χ4n) is 4.28. The lowest BCUT2D eigenvalue weighted by atomic mass is 10.1. The van der Waals surface area contributed by atoms with E-state index < -0.39 is 0 Å². The average molecular weight is 488 g/mol. The Morgan fingerprint density at radius 1 is 0.971 bits per heavy atom. The molecule has 0 aliphatic carbocycles. The number of H-pyrrole nitrogens is 1. The molecule has 0 bridgehead atoms. The van der Waals surface area contributed by atoms with Gasteiger partial charge >= 0.3 is 0 Å². The van der Waals surface area contributed by atoms with Crippen molar-refractivity contribution in [2.24, 2.45) is 5.92 Å². The number of carbonyl (C=O) groups excluding carboxylic acids is 2. The van der Waals surface area contributed by atoms with Crippen molar-refractivity contribution in [1.82, 2.24) is 14.8 Å². The Labute approximate surface area is 211 Å². The van der Waals surface area contributed by atoms with E-state index in [9.17, 15) is 9.59 Å². The van der Waals surface area contributed by atoms with Gasteiger partial charge in [0.1, 0.15) is 6.54 Å². The first kappa shape index (κ1) is 24.7. The van der Waals surface area contributed by atoms with Crippen LogP contribution in [0.25, 0.3) is 10.9 Å². The number of aromatic amines is 1. The van der Waals surface area contributed by atoms with Crippen LogP contribution in [0, 0.1) is 12.8 Å². The molecule has 0 saturated heterocycles. The van der Waals surface area contributed by atoms with Crippen molar-refractivity contribution in [1.29, 1.82) is 0 Å². The summed E-state index contributed by atoms with van der Waals surface area (Å²) >= 11 is 1.42. The minimum atomic E-state index is -0.0750. The molecule has 35 heavy (non-hydrogen) atoms. The Bertz CT molecular complexity index is 1260. The van der Waals surface area contributed by atoms with Gasteiger partial charge in [-0.3, -0.25) is 9.59 Å². The zero-order valence-electron chi connectivity index (χ0n) is 20.7. The number of aryl methyl sites for hydroxylation is 1. The molecule has 182 valence electrons. The van der Waals surface area contributed by atoms with Crippen molar-refractivity contribution in [3.05, 3.63) is 93.8 Å². The van der Waals surface area contributed by atoms with Crippen LogP contribution in [0.4, 0.5) is 0 Å². The number of carbonyl (C=O) groups is 2. The number of thiophene rings is 1. The van der Waals surface area contributed by atoms with Crippen LogP contribution in [0.1, 0.15) is 40.2 Å². The number of hydrogen-bond donors (Lipinski definition) is 1. The van der Waals surface area contributed by atoms with Crippen molar-refractivity contribution in [2.75, 3.05) is 19.6 Å². The molecule has 2 amide bonds. The van der Waals surface area contributed by atoms with Crippen molar-refractivity contribution >= 4 is 34.1 Å². The van der Waals surface area contributed by atoms with E-state index in [0.717, 1.165) is 17.5 Å². The average Bonchev–Trinajstić information content (AvgIpc) is 3.52. The SMILES string of the molecule is Cc1ccc(CN(CCc2c[nH]c3ccccc23)C(=O)CN(CC(C)C)C(=O)c2cccs2)cc1. The number of benzene rings is 2. The van der Waals surface area contributed by atoms with Crippen molar-refractivity contribution in [3.63, 3.8) is 0 Å². The van der Waals surface area contributed by atoms with E-state index >= 15 is 0 Å². The van der Waals surface area contributed by atoms with E-state index in [1.54, 1.807) is 4.90 Å². The maximum absolute atomic E-state index is 13.6. The molecule has 0 unspecified atom stereocenters. The Hall–Kier alpha value is -3.38. The highest BCUT2D eigenvalue weighted by Crippen LogP contribution is 2.20. The number of para-hydroxylation sites is 1. The summed E-state index contributed by atoms with van der Waals surface area (Å²) in [4.78, 5) is 34.4. The number of rotatable bonds is 10. The van der Waals surface area contributed by atoms with Gasteiger partial charge in [0.2, 0.25) is 5.91 Å². The summed E-state index contributed by atoms with van der Waals surface area (Å²) in [6, 6.07) is 20.2. The lowest BCUT2D eigenvalue weighted by Gasteiger charge is -2.28. The van der Waals surface area contributed by atoms with Gasteiger partial charge in [0, 0.05) is 36.7 Å². The van der Waals surface area contributed by atoms with Crippen molar-refractivity contribution in [2.45, 2.75) is 33.7 Å². The van der Waals surface area contributed by atoms with Gasteiger partial charge in [-0.1, -0.05) is 67.9 Å². The Morgan fingerprint density at radius 3 is 2.46 bits per heavy atom. The summed E-state index contributed by atoms with van der Waals surface area (Å²) in [5.41, 5.74) is 4.57. The number of hydrogen-bond acceptors (Lipinski definition) is 3. The maximum atomic E-state index is 13.6. The third kappa shape index (κ3) is 6.40. The number of fused-ring (bicyclic) bond motifs is 1. The van der Waals surface area contributed by atoms with Crippen LogP contribution in [-0.4, -0.2) is 46.2 Å². The third-order valence-electron chi connectivity index (χ3n) is 6.10. The molecule has 5 nitrogen and oxygen atoms in total. The van der Waals surface area contributed by atoms with Crippen LogP contribution in [0.2, 0.25) is 0 Å². The molecule has 4 rings (SSSR count). The van der Waals surface area contributed by atoms with Gasteiger partial charge in [-0.2, -0.15) is 0 Å². The zero-order chi connectivity index (χ0) is 24.8. The Morgan fingerprint density at radius 2 is 1.74 bits per heavy atom. The molecule has 0 spiro atoms. The fourth-order valence-corrected chi connectivity index (χ4v) is 4.97. The summed E-state index contributed by atoms with van der Waals surface area (Å²) in [5.74, 6) is 0.161. The van der Waals surface area contributed by atoms with Crippen molar-refractivity contribution < 1.29 is 9.59 Å². The fraction of sp³-hybridized carbons (Fsp3) is 0.310. The minimum Gasteiger partial charge on any atom is -0.361 e. The molecule has 1 N–H and O–H groups in total. The van der Waals surface area contributed by atoms with Gasteiger partial charge in [-0.15, -0.1) is 11.3 Å². The normalized spacial score (nSPS) is 11.2. The van der Waals surface area contributed by atoms with Gasteiger partial charge in [0.25, 0.3) is 5.91 Å². The van der Waals surface area contributed by atoms with Gasteiger partial charge in [0.15, 0.2) is 0 Å². The van der Waals surface area contributed by atoms with Crippen LogP contribution >= 0.6 is 11.3 Å². The molecule has 0 atom stereocenters. The molecule has 6 heteroatoms. The Balaban J connectivity index is 1.53. The van der Waals surface area contributed by atoms with E-state index in [1.807, 2.05) is 40.7 Å². The molecule has 2 heterocycles. The molecule has 0 saturated carbocycles. The second kappa shape index (κ2) is 11.4. The number of aromatic nitrogens is 1. The number of nitrogens with zero attached hydrogens (tertiary/aromatic N) is 2. The summed E-state index contributed by atoms with van der Waals surface area (Å²) < 4.78 is 0. The van der Waals surface area contributed by atoms with Crippen molar-refractivity contribution in [3.8, 4) is 0 Å². The number of nitrogens with one attached hydrogen (secondary N) is 1. The Kier molecular flexibility index (Phi) is 8.03. The van der Waals surface area contributed by atoms with E-state index in [4.69, 9.17) is 0 Å². The van der Waals surface area contributed by atoms with E-state index in [2.05, 4.69) is 62.2 Å². The molecule has 0 aliphatic heterocycles. The minimum absolute atomic E-state index is 0.0315. The first-order valence-corrected chi connectivity index (χ1v) is 13.0. The monoisotopic (exact) mass is 487 g/mol. The standard InChI is InChI=1S/C29H33N3O2S/c1-21(2)18-32(29(34)27-9-6-16-35-27)20-28(33)31(19-23-12-10-22(3)11-13-23)15-14-24-17-30-26-8-5-4-7-25(24)26/h4-13,16-17,21,30H,14-15,18-20H2,1-3H3. The predicted octanol–water partition coefficient (Wildman–Crippen LogP) is 5.91. The molecule has 0 aliphatic rings. The summed E-state index contributed by atoms with van der Waals surface area (Å²) in [6.07, 6.45) is 2.77. The van der Waals surface area contributed by atoms with Gasteiger partial charge in [-0.25, -0.2) is 0 Å². The summed E-state index contributed by atoms with van der Waals surface area (Å²) in [5, 5.41) is 3.08. The van der Waals surface area contributed by atoms with E-state index in [-0.39, 0.29) is 24.3 Å². The van der Waals surface area contributed by atoms with Crippen LogP contribution in [0.5, 0.6) is 0 Å². The largest absolute Gasteiger partial charge is 0.361 e. The lowest BCUT2D eigenvalue weighted by Crippen LogP contribution is -2.44. The summed E-state index contributed by atoms with van der Waals surface area (Å²) in [6.45, 7) is 7.92. The van der Waals surface area contributed by atoms with Crippen LogP contribution in [-0.2, 0) is 17.8 Å². The quantitative estimate of drug-likeness (QED) is 0.302. The molecule has 4 aromatic rings. The van der Waals surface area contributed by atoms with E-state index in [1.165, 1.54) is 27.8 Å². The zero-order valence-corrected chi connectivity index (χ0v) is 21.5. The molecule has 0 radical (unpaired) electrons. The highest BCUT2D eigenvalue weighted by atomic mass is 32.1. The second-order valence-corrected chi connectivity index (χ2v) is 10.4. The van der Waals surface area contributed by atoms with Crippen LogP contribution < -0.4 is 0 Å². The summed E-state index contributed by atoms with van der Waals surface area (Å²) in [7, 11) is 0. The topological polar surface area (TPSA) is 56.4 Å². The maximum Gasteiger partial charge on any atom is 0.264 e.